The predicted molar refractivity (Wildman–Crippen MR) is 118 cm³/mol. The zero-order chi connectivity index (χ0) is 16.8. The van der Waals surface area contributed by atoms with Crippen molar-refractivity contribution in [2.24, 2.45) is 4.99 Å². The number of unbranched alkanes of at least 4 members (excludes halogenated alkanes) is 3. The third kappa shape index (κ3) is 12.8. The van der Waals surface area contributed by atoms with Crippen LogP contribution < -0.4 is 10.6 Å². The van der Waals surface area contributed by atoms with Crippen molar-refractivity contribution in [3.63, 3.8) is 0 Å². The molecule has 2 N–H and O–H groups in total. The lowest BCUT2D eigenvalue weighted by atomic mass is 10.2. The molecule has 1 heterocycles. The van der Waals surface area contributed by atoms with Crippen molar-refractivity contribution in [1.29, 1.82) is 0 Å². The maximum absolute atomic E-state index is 5.34. The van der Waals surface area contributed by atoms with E-state index in [1.54, 1.807) is 6.26 Å². The fraction of sp³-hybridized carbons (Fsp3) is 0.611. The lowest BCUT2D eigenvalue weighted by molar-refractivity contribution is 0.506. The normalized spacial score (nSPS) is 11.0. The second-order valence-corrected chi connectivity index (χ2v) is 6.70. The Morgan fingerprint density at radius 1 is 1.21 bits per heavy atom. The van der Waals surface area contributed by atoms with Gasteiger partial charge in [0.2, 0.25) is 0 Å². The lowest BCUT2D eigenvalue weighted by Gasteiger charge is -2.12. The second-order valence-electron chi connectivity index (χ2n) is 5.71. The Bertz CT molecular complexity index is 449. The van der Waals surface area contributed by atoms with Gasteiger partial charge in [-0.25, -0.2) is 4.99 Å². The van der Waals surface area contributed by atoms with Crippen molar-refractivity contribution >= 4 is 41.7 Å². The van der Waals surface area contributed by atoms with Crippen LogP contribution in [-0.2, 0) is 6.42 Å². The smallest absolute Gasteiger partial charge is 0.191 e. The summed E-state index contributed by atoms with van der Waals surface area (Å²) in [6.45, 7) is 8.33. The third-order valence-electron chi connectivity index (χ3n) is 3.32. The van der Waals surface area contributed by atoms with Crippen molar-refractivity contribution < 1.29 is 4.42 Å². The first kappa shape index (κ1) is 23.4. The van der Waals surface area contributed by atoms with Gasteiger partial charge in [0.1, 0.15) is 5.76 Å². The van der Waals surface area contributed by atoms with E-state index in [2.05, 4.69) is 28.5 Å². The molecule has 138 valence electrons. The summed E-state index contributed by atoms with van der Waals surface area (Å²) >= 11 is 1.93. The summed E-state index contributed by atoms with van der Waals surface area (Å²) in [5.74, 6) is 3.13. The first-order valence-corrected chi connectivity index (χ1v) is 9.79. The molecule has 0 saturated heterocycles. The third-order valence-corrected chi connectivity index (χ3v) is 4.02. The molecule has 0 bridgehead atoms. The minimum absolute atomic E-state index is 0. The van der Waals surface area contributed by atoms with Gasteiger partial charge in [0, 0.05) is 19.5 Å². The van der Waals surface area contributed by atoms with Crippen LogP contribution in [0.3, 0.4) is 0 Å². The Hall–Kier alpha value is -0.630. The molecular formula is C18H32IN3OS. The van der Waals surface area contributed by atoms with Crippen molar-refractivity contribution in [3.05, 3.63) is 36.3 Å². The highest BCUT2D eigenvalue weighted by Crippen LogP contribution is 2.04. The summed E-state index contributed by atoms with van der Waals surface area (Å²) in [6.07, 6.45) is 9.82. The molecule has 0 amide bonds. The van der Waals surface area contributed by atoms with Crippen molar-refractivity contribution in [2.75, 3.05) is 31.6 Å². The van der Waals surface area contributed by atoms with Crippen LogP contribution in [0.5, 0.6) is 0 Å². The van der Waals surface area contributed by atoms with Crippen LogP contribution in [0.25, 0.3) is 0 Å². The number of nitrogens with zero attached hydrogens (tertiary/aromatic N) is 1. The van der Waals surface area contributed by atoms with E-state index in [1.807, 2.05) is 30.8 Å². The molecule has 0 fully saturated rings. The maximum Gasteiger partial charge on any atom is 0.191 e. The van der Waals surface area contributed by atoms with Gasteiger partial charge in [-0.05, 0) is 43.9 Å². The van der Waals surface area contributed by atoms with Crippen LogP contribution in [0, 0.1) is 0 Å². The van der Waals surface area contributed by atoms with Crippen LogP contribution in [0.1, 0.15) is 38.4 Å². The quantitative estimate of drug-likeness (QED) is 0.157. The second kappa shape index (κ2) is 15.9. The molecule has 1 rings (SSSR count). The van der Waals surface area contributed by atoms with E-state index < -0.39 is 0 Å². The number of hydrogen-bond donors (Lipinski definition) is 2. The van der Waals surface area contributed by atoms with Crippen LogP contribution in [0.4, 0.5) is 0 Å². The highest BCUT2D eigenvalue weighted by molar-refractivity contribution is 14.0. The summed E-state index contributed by atoms with van der Waals surface area (Å²) in [5.41, 5.74) is 1.06. The van der Waals surface area contributed by atoms with E-state index in [0.717, 1.165) is 36.8 Å². The highest BCUT2D eigenvalue weighted by Gasteiger charge is 2.00. The largest absolute Gasteiger partial charge is 0.469 e. The molecule has 6 heteroatoms. The van der Waals surface area contributed by atoms with Gasteiger partial charge in [0.05, 0.1) is 12.8 Å². The molecule has 24 heavy (non-hydrogen) atoms. The number of hydrogen-bond acceptors (Lipinski definition) is 3. The van der Waals surface area contributed by atoms with Gasteiger partial charge < -0.3 is 15.1 Å². The van der Waals surface area contributed by atoms with E-state index in [1.165, 1.54) is 31.4 Å². The standard InChI is InChI=1S/C18H31N3OS.HI/c1-16(2)15-21-18(19-11-6-4-5-7-14-23-3)20-12-10-17-9-8-13-22-17;/h8-9,13H,1,4-7,10-12,14-15H2,2-3H3,(H2,19,20,21);1H. The summed E-state index contributed by atoms with van der Waals surface area (Å²) in [6, 6.07) is 3.91. The monoisotopic (exact) mass is 465 g/mol. The molecule has 0 atom stereocenters. The molecule has 0 saturated carbocycles. The lowest BCUT2D eigenvalue weighted by Crippen LogP contribution is -2.39. The first-order chi connectivity index (χ1) is 11.2. The van der Waals surface area contributed by atoms with Crippen molar-refractivity contribution in [3.8, 4) is 0 Å². The van der Waals surface area contributed by atoms with Gasteiger partial charge in [0.25, 0.3) is 0 Å². The first-order valence-electron chi connectivity index (χ1n) is 8.40. The van der Waals surface area contributed by atoms with Gasteiger partial charge in [0.15, 0.2) is 5.96 Å². The zero-order valence-corrected chi connectivity index (χ0v) is 18.1. The number of thioether (sulfide) groups is 1. The average Bonchev–Trinajstić information content (AvgIpc) is 3.04. The zero-order valence-electron chi connectivity index (χ0n) is 15.0. The molecule has 1 aromatic heterocycles. The van der Waals surface area contributed by atoms with Crippen LogP contribution in [-0.4, -0.2) is 37.6 Å². The van der Waals surface area contributed by atoms with E-state index in [9.17, 15) is 0 Å². The number of guanidine groups is 1. The fourth-order valence-corrected chi connectivity index (χ4v) is 2.57. The molecule has 0 radical (unpaired) electrons. The summed E-state index contributed by atoms with van der Waals surface area (Å²) < 4.78 is 5.34. The summed E-state index contributed by atoms with van der Waals surface area (Å²) in [7, 11) is 0. The van der Waals surface area contributed by atoms with Crippen LogP contribution >= 0.6 is 35.7 Å². The van der Waals surface area contributed by atoms with Gasteiger partial charge in [-0.2, -0.15) is 11.8 Å². The number of rotatable bonds is 12. The topological polar surface area (TPSA) is 49.6 Å². The Labute approximate surface area is 168 Å². The average molecular weight is 465 g/mol. The Morgan fingerprint density at radius 3 is 2.62 bits per heavy atom. The summed E-state index contributed by atoms with van der Waals surface area (Å²) in [5, 5.41) is 6.77. The van der Waals surface area contributed by atoms with E-state index in [0.29, 0.717) is 6.54 Å². The molecular weight excluding hydrogens is 433 g/mol. The number of halogens is 1. The molecule has 0 aromatic carbocycles. The molecule has 0 spiro atoms. The molecule has 0 aliphatic heterocycles. The molecule has 1 aromatic rings. The Morgan fingerprint density at radius 2 is 1.96 bits per heavy atom. The number of nitrogens with one attached hydrogen (secondary N) is 2. The van der Waals surface area contributed by atoms with Crippen molar-refractivity contribution in [2.45, 2.75) is 39.0 Å². The van der Waals surface area contributed by atoms with Gasteiger partial charge >= 0.3 is 0 Å². The SMILES string of the molecule is C=C(C)CN=C(NCCCCCCSC)NCCc1ccco1.I. The maximum atomic E-state index is 5.34. The van der Waals surface area contributed by atoms with Crippen LogP contribution in [0.15, 0.2) is 40.0 Å². The Kier molecular flexibility index (Phi) is 15.5. The van der Waals surface area contributed by atoms with E-state index >= 15 is 0 Å². The minimum atomic E-state index is 0. The van der Waals surface area contributed by atoms with Crippen molar-refractivity contribution in [1.82, 2.24) is 10.6 Å². The minimum Gasteiger partial charge on any atom is -0.469 e. The molecule has 0 unspecified atom stereocenters. The number of furan rings is 1. The fourth-order valence-electron chi connectivity index (χ4n) is 2.08. The van der Waals surface area contributed by atoms with E-state index in [-0.39, 0.29) is 24.0 Å². The summed E-state index contributed by atoms with van der Waals surface area (Å²) in [4.78, 5) is 4.55. The highest BCUT2D eigenvalue weighted by atomic mass is 127. The Balaban J connectivity index is 0.00000529. The van der Waals surface area contributed by atoms with Gasteiger partial charge in [-0.1, -0.05) is 25.0 Å². The van der Waals surface area contributed by atoms with Gasteiger partial charge in [-0.3, -0.25) is 0 Å². The number of aliphatic imine (C=N–C) groups is 1. The van der Waals surface area contributed by atoms with E-state index in [4.69, 9.17) is 4.42 Å². The molecule has 4 nitrogen and oxygen atoms in total. The van der Waals surface area contributed by atoms with Crippen LogP contribution in [0.2, 0.25) is 0 Å². The molecule has 0 aliphatic rings. The predicted octanol–water partition coefficient (Wildman–Crippen LogP) is 4.47. The van der Waals surface area contributed by atoms with Gasteiger partial charge in [-0.15, -0.1) is 24.0 Å². The molecule has 0 aliphatic carbocycles.